The van der Waals surface area contributed by atoms with Crippen LogP contribution in [0.5, 0.6) is 0 Å². The van der Waals surface area contributed by atoms with Gasteiger partial charge in [-0.05, 0) is 68.8 Å². The Morgan fingerprint density at radius 2 is 1.97 bits per heavy atom. The predicted octanol–water partition coefficient (Wildman–Crippen LogP) is 4.58. The Morgan fingerprint density at radius 3 is 2.69 bits per heavy atom. The predicted molar refractivity (Wildman–Crippen MR) is 147 cm³/mol. The summed E-state index contributed by atoms with van der Waals surface area (Å²) in [6.45, 7) is 9.60. The van der Waals surface area contributed by atoms with Gasteiger partial charge in [0.15, 0.2) is 0 Å². The molecule has 3 aliphatic carbocycles. The smallest absolute Gasteiger partial charge is 0.447 e. The van der Waals surface area contributed by atoms with E-state index in [2.05, 4.69) is 57.3 Å². The molecule has 0 radical (unpaired) electrons. The first kappa shape index (κ1) is 28.0. The van der Waals surface area contributed by atoms with E-state index in [4.69, 9.17) is 19.3 Å². The van der Waals surface area contributed by atoms with Crippen LogP contribution in [0.3, 0.4) is 0 Å². The minimum atomic E-state index is -0.574. The minimum absolute atomic E-state index is 0.0170. The van der Waals surface area contributed by atoms with Crippen molar-refractivity contribution in [3.63, 3.8) is 0 Å². The Kier molecular flexibility index (Phi) is 7.99. The number of carbonyl (C=O) groups is 2. The number of ether oxygens (including phenoxy) is 1. The first-order chi connectivity index (χ1) is 18.6. The van der Waals surface area contributed by atoms with E-state index in [1.165, 1.54) is 5.56 Å². The lowest BCUT2D eigenvalue weighted by Gasteiger charge is -2.64. The summed E-state index contributed by atoms with van der Waals surface area (Å²) in [5, 5.41) is 12.1. The molecule has 0 aromatic heterocycles. The molecular formula is C30H42BN3O5. The van der Waals surface area contributed by atoms with Gasteiger partial charge in [-0.25, -0.2) is 4.79 Å². The maximum absolute atomic E-state index is 13.2. The number of nitrogens with zero attached hydrogens (tertiary/aromatic N) is 2. The average Bonchev–Trinajstić information content (AvgIpc) is 3.09. The topological polar surface area (TPSA) is 101 Å². The zero-order valence-electron chi connectivity index (χ0n) is 23.8. The summed E-state index contributed by atoms with van der Waals surface area (Å²) in [6.07, 6.45) is 5.65. The lowest BCUT2D eigenvalue weighted by atomic mass is 9.43. The molecule has 0 unspecified atom stereocenters. The van der Waals surface area contributed by atoms with Gasteiger partial charge in [-0.1, -0.05) is 56.5 Å². The van der Waals surface area contributed by atoms with E-state index in [0.29, 0.717) is 24.8 Å². The number of alkyl carbamates (subject to hydrolysis) is 1. The van der Waals surface area contributed by atoms with Crippen LogP contribution < -0.4 is 5.32 Å². The van der Waals surface area contributed by atoms with Crippen LogP contribution in [0.1, 0.15) is 76.8 Å². The van der Waals surface area contributed by atoms with Gasteiger partial charge in [0.2, 0.25) is 5.91 Å². The second-order valence-corrected chi connectivity index (χ2v) is 12.8. The van der Waals surface area contributed by atoms with Crippen LogP contribution in [0.25, 0.3) is 0 Å². The average molecular weight is 535 g/mol. The van der Waals surface area contributed by atoms with Crippen molar-refractivity contribution in [2.75, 3.05) is 13.2 Å². The number of likely N-dealkylation sites (tertiary alicyclic amines) is 1. The molecule has 3 saturated carbocycles. The number of carbonyl (C=O) groups excluding carboxylic acids is 2. The van der Waals surface area contributed by atoms with Crippen molar-refractivity contribution in [1.29, 1.82) is 5.26 Å². The van der Waals surface area contributed by atoms with E-state index in [9.17, 15) is 9.59 Å². The molecule has 2 heterocycles. The van der Waals surface area contributed by atoms with Crippen LogP contribution in [-0.4, -0.2) is 60.9 Å². The van der Waals surface area contributed by atoms with Crippen LogP contribution in [0.15, 0.2) is 24.3 Å². The maximum Gasteiger partial charge on any atom is 0.482 e. The number of hydrogen-bond donors (Lipinski definition) is 1. The first-order valence-corrected chi connectivity index (χ1v) is 14.6. The lowest BCUT2D eigenvalue weighted by Crippen LogP contribution is -2.65. The number of rotatable bonds is 7. The van der Waals surface area contributed by atoms with Gasteiger partial charge in [0.1, 0.15) is 13.0 Å². The summed E-state index contributed by atoms with van der Waals surface area (Å²) in [5.74, 6) is 0.449. The molecule has 2 amide bonds. The van der Waals surface area contributed by atoms with Crippen LogP contribution in [-0.2, 0) is 25.3 Å². The van der Waals surface area contributed by atoms with Crippen LogP contribution >= 0.6 is 0 Å². The summed E-state index contributed by atoms with van der Waals surface area (Å²) in [7, 11) is -0.574. The van der Waals surface area contributed by atoms with Crippen LogP contribution in [0.4, 0.5) is 4.79 Å². The van der Waals surface area contributed by atoms with Gasteiger partial charge in [-0.3, -0.25) is 4.79 Å². The monoisotopic (exact) mass is 535 g/mol. The highest BCUT2D eigenvalue weighted by molar-refractivity contribution is 6.47. The Morgan fingerprint density at radius 1 is 1.21 bits per heavy atom. The third-order valence-electron chi connectivity index (χ3n) is 10.0. The largest absolute Gasteiger partial charge is 0.482 e. The standard InChI is InChI=1S/C30H42BN3O5/c1-20-9-11-21(12-10-20)16-26(31-38-25-18-22-17-24(29(22,2)3)30(25,4)39-31)33-28(36)37-19-23-8-6-5-7-15-34(23)27(35)13-14-32/h9-12,22-26H,5-8,13,15-19H2,1-4H3,(H,33,36)/t22-,23+,24-,25+,26-,30-/m0/s1. The summed E-state index contributed by atoms with van der Waals surface area (Å²) in [5.41, 5.74) is 2.12. The Labute approximate surface area is 232 Å². The normalized spacial score (nSPS) is 31.8. The van der Waals surface area contributed by atoms with E-state index in [0.717, 1.165) is 44.1 Å². The van der Waals surface area contributed by atoms with Gasteiger partial charge in [0.25, 0.3) is 0 Å². The molecule has 1 aromatic rings. The third-order valence-corrected chi connectivity index (χ3v) is 10.0. The van der Waals surface area contributed by atoms with Gasteiger partial charge < -0.3 is 24.3 Å². The number of aryl methyl sites for hydroxylation is 1. The van der Waals surface area contributed by atoms with Crippen molar-refractivity contribution >= 4 is 19.1 Å². The summed E-state index contributed by atoms with van der Waals surface area (Å²) in [6, 6.07) is 10.0. The summed E-state index contributed by atoms with van der Waals surface area (Å²) >= 11 is 0. The number of amides is 2. The van der Waals surface area contributed by atoms with Crippen molar-refractivity contribution in [2.24, 2.45) is 17.3 Å². The van der Waals surface area contributed by atoms with Gasteiger partial charge in [-0.2, -0.15) is 5.26 Å². The zero-order chi connectivity index (χ0) is 27.8. The number of nitrogens with one attached hydrogen (secondary N) is 1. The second kappa shape index (κ2) is 11.1. The lowest BCUT2D eigenvalue weighted by molar-refractivity contribution is -0.199. The van der Waals surface area contributed by atoms with E-state index in [-0.39, 0.29) is 42.1 Å². The number of hydrogen-bond acceptors (Lipinski definition) is 6. The van der Waals surface area contributed by atoms with Gasteiger partial charge in [-0.15, -0.1) is 0 Å². The van der Waals surface area contributed by atoms with Gasteiger partial charge in [0, 0.05) is 6.54 Å². The molecule has 2 bridgehead atoms. The van der Waals surface area contributed by atoms with Crippen molar-refractivity contribution in [2.45, 2.75) is 103 Å². The van der Waals surface area contributed by atoms with E-state index < -0.39 is 19.2 Å². The van der Waals surface area contributed by atoms with E-state index in [1.54, 1.807) is 4.90 Å². The molecule has 39 heavy (non-hydrogen) atoms. The Hall–Kier alpha value is -2.57. The van der Waals surface area contributed by atoms with Crippen molar-refractivity contribution in [3.8, 4) is 6.07 Å². The highest BCUT2D eigenvalue weighted by Crippen LogP contribution is 2.65. The molecule has 1 aromatic carbocycles. The quantitative estimate of drug-likeness (QED) is 0.513. The van der Waals surface area contributed by atoms with Crippen molar-refractivity contribution in [1.82, 2.24) is 10.2 Å². The van der Waals surface area contributed by atoms with Gasteiger partial charge >= 0.3 is 13.2 Å². The fourth-order valence-electron chi connectivity index (χ4n) is 7.48. The third kappa shape index (κ3) is 5.56. The first-order valence-electron chi connectivity index (χ1n) is 14.6. The highest BCUT2D eigenvalue weighted by atomic mass is 16.7. The molecule has 8 nitrogen and oxygen atoms in total. The molecule has 5 aliphatic rings. The molecule has 9 heteroatoms. The number of benzene rings is 1. The van der Waals surface area contributed by atoms with Crippen molar-refractivity contribution in [3.05, 3.63) is 35.4 Å². The molecule has 6 atom stereocenters. The molecule has 2 aliphatic heterocycles. The second-order valence-electron chi connectivity index (χ2n) is 12.8. The van der Waals surface area contributed by atoms with Crippen LogP contribution in [0, 0.1) is 35.5 Å². The maximum atomic E-state index is 13.2. The van der Waals surface area contributed by atoms with E-state index >= 15 is 0 Å². The van der Waals surface area contributed by atoms with E-state index in [1.807, 2.05) is 6.07 Å². The highest BCUT2D eigenvalue weighted by Gasteiger charge is 2.68. The molecule has 1 N–H and O–H groups in total. The molecule has 0 spiro atoms. The number of nitriles is 1. The van der Waals surface area contributed by atoms with Gasteiger partial charge in [0.05, 0.1) is 29.8 Å². The minimum Gasteiger partial charge on any atom is -0.447 e. The van der Waals surface area contributed by atoms with Crippen LogP contribution in [0.2, 0.25) is 0 Å². The molecule has 2 saturated heterocycles. The SMILES string of the molecule is Cc1ccc(C[C@H](NC(=O)OC[C@H]2CCCCCN2C(=O)CC#N)B2O[C@@H]3C[C@@H]4C[C@@H](C4(C)C)[C@]3(C)O2)cc1. The Balaban J connectivity index is 1.27. The molecule has 210 valence electrons. The fourth-order valence-corrected chi connectivity index (χ4v) is 7.48. The molecule has 5 fully saturated rings. The fraction of sp³-hybridized carbons (Fsp3) is 0.700. The molecule has 6 rings (SSSR count). The summed E-state index contributed by atoms with van der Waals surface area (Å²) in [4.78, 5) is 27.4. The van der Waals surface area contributed by atoms with Crippen molar-refractivity contribution < 1.29 is 23.6 Å². The Bertz CT molecular complexity index is 1100. The zero-order valence-corrected chi connectivity index (χ0v) is 23.8. The molecular weight excluding hydrogens is 493 g/mol. The summed E-state index contributed by atoms with van der Waals surface area (Å²) < 4.78 is 19.0.